The zero-order chi connectivity index (χ0) is 16.3. The van der Waals surface area contributed by atoms with Gasteiger partial charge < -0.3 is 14.4 Å². The normalized spacial score (nSPS) is 16.5. The maximum Gasteiger partial charge on any atom is 0.410 e. The van der Waals surface area contributed by atoms with Crippen LogP contribution in [0.5, 0.6) is 5.88 Å². The number of amides is 1. The van der Waals surface area contributed by atoms with Gasteiger partial charge in [0.15, 0.2) is 0 Å². The number of carbonyl (C=O) groups excluding carboxylic acids is 1. The molecule has 1 amide bonds. The highest BCUT2D eigenvalue weighted by atomic mass is 127. The molecule has 2 heterocycles. The second-order valence-electron chi connectivity index (χ2n) is 6.51. The Bertz CT molecular complexity index is 535. The van der Waals surface area contributed by atoms with Gasteiger partial charge in [0, 0.05) is 41.3 Å². The maximum atomic E-state index is 12.0. The molecule has 1 fully saturated rings. The molecule has 0 saturated carbocycles. The standard InChI is InChI=1S/C16H23IN2O3/c1-11-13(17)5-8-18-14(11)21-12-6-9-19(10-7-12)15(20)22-16(2,3)4/h5,8,12H,6-7,9-10H2,1-4H3. The number of hydrogen-bond acceptors (Lipinski definition) is 4. The second kappa shape index (κ2) is 7.02. The molecule has 5 nitrogen and oxygen atoms in total. The largest absolute Gasteiger partial charge is 0.474 e. The van der Waals surface area contributed by atoms with Crippen molar-refractivity contribution in [3.63, 3.8) is 0 Å². The van der Waals surface area contributed by atoms with Crippen LogP contribution in [0.2, 0.25) is 0 Å². The lowest BCUT2D eigenvalue weighted by molar-refractivity contribution is 0.0122. The Hall–Kier alpha value is -1.05. The summed E-state index contributed by atoms with van der Waals surface area (Å²) < 4.78 is 12.5. The summed E-state index contributed by atoms with van der Waals surface area (Å²) in [5, 5.41) is 0. The van der Waals surface area contributed by atoms with Gasteiger partial charge in [-0.25, -0.2) is 9.78 Å². The molecule has 1 aliphatic heterocycles. The quantitative estimate of drug-likeness (QED) is 0.687. The first kappa shape index (κ1) is 17.3. The van der Waals surface area contributed by atoms with Crippen molar-refractivity contribution < 1.29 is 14.3 Å². The van der Waals surface area contributed by atoms with Crippen molar-refractivity contribution in [2.75, 3.05) is 13.1 Å². The van der Waals surface area contributed by atoms with Crippen LogP contribution in [0.1, 0.15) is 39.2 Å². The van der Waals surface area contributed by atoms with E-state index in [-0.39, 0.29) is 12.2 Å². The Morgan fingerprint density at radius 1 is 1.36 bits per heavy atom. The number of hydrogen-bond donors (Lipinski definition) is 0. The maximum absolute atomic E-state index is 12.0. The van der Waals surface area contributed by atoms with E-state index in [1.165, 1.54) is 0 Å². The molecule has 0 unspecified atom stereocenters. The predicted octanol–water partition coefficient (Wildman–Crippen LogP) is 3.77. The third kappa shape index (κ3) is 4.72. The van der Waals surface area contributed by atoms with E-state index in [2.05, 4.69) is 27.6 Å². The Balaban J connectivity index is 1.87. The molecule has 6 heteroatoms. The van der Waals surface area contributed by atoms with Gasteiger partial charge in [0.1, 0.15) is 11.7 Å². The lowest BCUT2D eigenvalue weighted by atomic mass is 10.1. The SMILES string of the molecule is Cc1c(I)ccnc1OC1CCN(C(=O)OC(C)(C)C)CC1. The van der Waals surface area contributed by atoms with Crippen molar-refractivity contribution in [2.24, 2.45) is 0 Å². The predicted molar refractivity (Wildman–Crippen MR) is 93.1 cm³/mol. The van der Waals surface area contributed by atoms with Crippen LogP contribution < -0.4 is 4.74 Å². The molecule has 0 N–H and O–H groups in total. The third-order valence-electron chi connectivity index (χ3n) is 3.46. The lowest BCUT2D eigenvalue weighted by Crippen LogP contribution is -2.44. The number of aromatic nitrogens is 1. The van der Waals surface area contributed by atoms with E-state index in [4.69, 9.17) is 9.47 Å². The topological polar surface area (TPSA) is 51.7 Å². The molecular formula is C16H23IN2O3. The van der Waals surface area contributed by atoms with Crippen LogP contribution in [0.3, 0.4) is 0 Å². The first-order valence-corrected chi connectivity index (χ1v) is 8.60. The summed E-state index contributed by atoms with van der Waals surface area (Å²) >= 11 is 2.28. The summed E-state index contributed by atoms with van der Waals surface area (Å²) in [7, 11) is 0. The summed E-state index contributed by atoms with van der Waals surface area (Å²) in [4.78, 5) is 18.1. The molecule has 122 valence electrons. The minimum Gasteiger partial charge on any atom is -0.474 e. The number of rotatable bonds is 2. The molecule has 22 heavy (non-hydrogen) atoms. The van der Waals surface area contributed by atoms with Crippen LogP contribution in [-0.4, -0.2) is 40.8 Å². The Kier molecular flexibility index (Phi) is 5.52. The van der Waals surface area contributed by atoms with Crippen LogP contribution in [0.4, 0.5) is 4.79 Å². The van der Waals surface area contributed by atoms with E-state index < -0.39 is 5.60 Å². The zero-order valence-electron chi connectivity index (χ0n) is 13.6. The monoisotopic (exact) mass is 418 g/mol. The van der Waals surface area contributed by atoms with E-state index in [0.717, 1.165) is 22.0 Å². The molecule has 0 spiro atoms. The van der Waals surface area contributed by atoms with Crippen LogP contribution in [0.25, 0.3) is 0 Å². The van der Waals surface area contributed by atoms with Gasteiger partial charge in [0.25, 0.3) is 0 Å². The minimum atomic E-state index is -0.452. The van der Waals surface area contributed by atoms with Gasteiger partial charge in [-0.15, -0.1) is 0 Å². The molecule has 0 radical (unpaired) electrons. The summed E-state index contributed by atoms with van der Waals surface area (Å²) in [5.41, 5.74) is 0.615. The van der Waals surface area contributed by atoms with Crippen molar-refractivity contribution in [3.05, 3.63) is 21.4 Å². The average molecular weight is 418 g/mol. The molecule has 0 atom stereocenters. The minimum absolute atomic E-state index is 0.100. The number of piperidine rings is 1. The highest BCUT2D eigenvalue weighted by molar-refractivity contribution is 14.1. The van der Waals surface area contributed by atoms with Crippen LogP contribution >= 0.6 is 22.6 Å². The summed E-state index contributed by atoms with van der Waals surface area (Å²) in [6, 6.07) is 1.97. The van der Waals surface area contributed by atoms with Crippen molar-refractivity contribution in [1.29, 1.82) is 0 Å². The number of likely N-dealkylation sites (tertiary alicyclic amines) is 1. The van der Waals surface area contributed by atoms with E-state index in [1.54, 1.807) is 11.1 Å². The first-order valence-electron chi connectivity index (χ1n) is 7.52. The Labute approximate surface area is 145 Å². The van der Waals surface area contributed by atoms with Crippen LogP contribution in [-0.2, 0) is 4.74 Å². The van der Waals surface area contributed by atoms with Crippen molar-refractivity contribution in [1.82, 2.24) is 9.88 Å². The number of halogens is 1. The summed E-state index contributed by atoms with van der Waals surface area (Å²) in [5.74, 6) is 0.697. The highest BCUT2D eigenvalue weighted by Gasteiger charge is 2.28. The van der Waals surface area contributed by atoms with Gasteiger partial charge in [-0.1, -0.05) is 0 Å². The summed E-state index contributed by atoms with van der Waals surface area (Å²) in [6.45, 7) is 8.97. The molecular weight excluding hydrogens is 395 g/mol. The van der Waals surface area contributed by atoms with Gasteiger partial charge in [0.05, 0.1) is 0 Å². The van der Waals surface area contributed by atoms with Gasteiger partial charge in [-0.05, 0) is 56.4 Å². The molecule has 1 saturated heterocycles. The molecule has 1 aromatic heterocycles. The fraction of sp³-hybridized carbons (Fsp3) is 0.625. The Morgan fingerprint density at radius 2 is 2.00 bits per heavy atom. The molecule has 1 aromatic rings. The van der Waals surface area contributed by atoms with Gasteiger partial charge in [-0.3, -0.25) is 0 Å². The fourth-order valence-corrected chi connectivity index (χ4v) is 2.65. The molecule has 0 bridgehead atoms. The number of carbonyl (C=O) groups is 1. The summed E-state index contributed by atoms with van der Waals surface area (Å²) in [6.07, 6.45) is 3.22. The smallest absolute Gasteiger partial charge is 0.410 e. The van der Waals surface area contributed by atoms with E-state index in [1.807, 2.05) is 33.8 Å². The van der Waals surface area contributed by atoms with Crippen LogP contribution in [0.15, 0.2) is 12.3 Å². The van der Waals surface area contributed by atoms with Crippen molar-refractivity contribution in [3.8, 4) is 5.88 Å². The van der Waals surface area contributed by atoms with Gasteiger partial charge >= 0.3 is 6.09 Å². The van der Waals surface area contributed by atoms with E-state index in [9.17, 15) is 4.79 Å². The molecule has 2 rings (SSSR count). The second-order valence-corrected chi connectivity index (χ2v) is 7.67. The van der Waals surface area contributed by atoms with Crippen molar-refractivity contribution in [2.45, 2.75) is 52.2 Å². The fourth-order valence-electron chi connectivity index (χ4n) is 2.25. The average Bonchev–Trinajstić information content (AvgIpc) is 2.43. The number of ether oxygens (including phenoxy) is 2. The van der Waals surface area contributed by atoms with E-state index in [0.29, 0.717) is 19.0 Å². The molecule has 0 aromatic carbocycles. The van der Waals surface area contributed by atoms with E-state index >= 15 is 0 Å². The van der Waals surface area contributed by atoms with Gasteiger partial charge in [-0.2, -0.15) is 0 Å². The Morgan fingerprint density at radius 3 is 2.59 bits per heavy atom. The van der Waals surface area contributed by atoms with Crippen LogP contribution in [0, 0.1) is 10.5 Å². The van der Waals surface area contributed by atoms with Gasteiger partial charge in [0.2, 0.25) is 5.88 Å². The number of pyridine rings is 1. The highest BCUT2D eigenvalue weighted by Crippen LogP contribution is 2.24. The molecule has 1 aliphatic rings. The first-order chi connectivity index (χ1) is 10.3. The number of nitrogens with zero attached hydrogens (tertiary/aromatic N) is 2. The third-order valence-corrected chi connectivity index (χ3v) is 4.63. The lowest BCUT2D eigenvalue weighted by Gasteiger charge is -2.33. The zero-order valence-corrected chi connectivity index (χ0v) is 15.7. The van der Waals surface area contributed by atoms with Crippen molar-refractivity contribution >= 4 is 28.7 Å². The molecule has 0 aliphatic carbocycles.